The van der Waals surface area contributed by atoms with Crippen molar-refractivity contribution in [3.8, 4) is 33.7 Å². The second kappa shape index (κ2) is 9.57. The number of hydrogen-bond acceptors (Lipinski definition) is 4. The van der Waals surface area contributed by atoms with E-state index in [-0.39, 0.29) is 17.0 Å². The maximum atomic E-state index is 14.9. The molecule has 2 saturated heterocycles. The lowest BCUT2D eigenvalue weighted by atomic mass is 9.82. The Morgan fingerprint density at radius 2 is 1.69 bits per heavy atom. The Balaban J connectivity index is 1.33. The molecule has 0 amide bonds. The number of benzene rings is 3. The molecule has 2 aliphatic rings. The predicted octanol–water partition coefficient (Wildman–Crippen LogP) is 6.07. The third kappa shape index (κ3) is 4.34. The van der Waals surface area contributed by atoms with Gasteiger partial charge >= 0.3 is 5.69 Å². The van der Waals surface area contributed by atoms with Gasteiger partial charge in [0, 0.05) is 67.5 Å². The van der Waals surface area contributed by atoms with E-state index in [9.17, 15) is 14.3 Å². The fourth-order valence-corrected chi connectivity index (χ4v) is 6.58. The maximum absolute atomic E-state index is 14.9. The minimum Gasteiger partial charge on any atom is -0.507 e. The van der Waals surface area contributed by atoms with Gasteiger partial charge in [0.15, 0.2) is 0 Å². The highest BCUT2D eigenvalue weighted by molar-refractivity contribution is 6.32. The summed E-state index contributed by atoms with van der Waals surface area (Å²) in [4.78, 5) is 17.4. The first-order valence-corrected chi connectivity index (χ1v) is 13.7. The number of hydrogen-bond donors (Lipinski definition) is 1. The van der Waals surface area contributed by atoms with Gasteiger partial charge in [-0.25, -0.2) is 9.18 Å². The minimum atomic E-state index is -0.454. The zero-order valence-corrected chi connectivity index (χ0v) is 23.1. The summed E-state index contributed by atoms with van der Waals surface area (Å²) in [5.74, 6) is -0.470. The van der Waals surface area contributed by atoms with E-state index in [0.717, 1.165) is 37.3 Å². The van der Waals surface area contributed by atoms with Crippen LogP contribution in [0.15, 0.2) is 71.8 Å². The molecule has 0 aliphatic carbocycles. The van der Waals surface area contributed by atoms with Crippen molar-refractivity contribution in [2.24, 2.45) is 7.05 Å². The predicted molar refractivity (Wildman–Crippen MR) is 155 cm³/mol. The topological polar surface area (TPSA) is 53.6 Å². The van der Waals surface area contributed by atoms with Crippen LogP contribution in [-0.4, -0.2) is 50.4 Å². The second-order valence-corrected chi connectivity index (χ2v) is 11.5. The van der Waals surface area contributed by atoms with Crippen LogP contribution in [0.25, 0.3) is 27.9 Å². The second-order valence-electron chi connectivity index (χ2n) is 11.1. The van der Waals surface area contributed by atoms with Gasteiger partial charge in [-0.05, 0) is 74.2 Å². The molecular weight excluding hydrogens is 515 g/mol. The summed E-state index contributed by atoms with van der Waals surface area (Å²) in [6, 6.07) is 16.3. The molecule has 3 aromatic carbocycles. The van der Waals surface area contributed by atoms with Crippen LogP contribution in [0.2, 0.25) is 5.02 Å². The van der Waals surface area contributed by atoms with Crippen molar-refractivity contribution in [1.82, 2.24) is 14.0 Å². The van der Waals surface area contributed by atoms with Gasteiger partial charge in [-0.15, -0.1) is 0 Å². The van der Waals surface area contributed by atoms with Crippen molar-refractivity contribution in [2.45, 2.75) is 38.3 Å². The van der Waals surface area contributed by atoms with E-state index in [1.165, 1.54) is 27.7 Å². The summed E-state index contributed by atoms with van der Waals surface area (Å²) < 4.78 is 17.8. The van der Waals surface area contributed by atoms with Crippen LogP contribution < -0.4 is 10.6 Å². The first kappa shape index (κ1) is 25.7. The minimum absolute atomic E-state index is 0.0166. The number of aromatic hydroxyl groups is 1. The van der Waals surface area contributed by atoms with Crippen LogP contribution in [0.3, 0.4) is 0 Å². The summed E-state index contributed by atoms with van der Waals surface area (Å²) >= 11 is 6.55. The lowest BCUT2D eigenvalue weighted by Crippen LogP contribution is -2.63. The van der Waals surface area contributed by atoms with E-state index in [1.54, 1.807) is 37.6 Å². The molecule has 1 atom stereocenters. The normalized spacial score (nSPS) is 19.3. The molecule has 1 unspecified atom stereocenters. The molecule has 0 radical (unpaired) electrons. The van der Waals surface area contributed by atoms with Crippen molar-refractivity contribution in [1.29, 1.82) is 0 Å². The van der Waals surface area contributed by atoms with E-state index < -0.39 is 5.82 Å². The highest BCUT2D eigenvalue weighted by Gasteiger charge is 2.50. The molecule has 6 nitrogen and oxygen atoms in total. The molecule has 4 aromatic rings. The Kier molecular flexibility index (Phi) is 6.31. The monoisotopic (exact) mass is 546 g/mol. The van der Waals surface area contributed by atoms with Gasteiger partial charge in [-0.1, -0.05) is 29.8 Å². The third-order valence-corrected chi connectivity index (χ3v) is 8.75. The van der Waals surface area contributed by atoms with Crippen molar-refractivity contribution in [3.05, 3.63) is 88.3 Å². The number of aryl methyl sites for hydroxylation is 1. The summed E-state index contributed by atoms with van der Waals surface area (Å²) in [7, 11) is 1.66. The molecule has 39 heavy (non-hydrogen) atoms. The van der Waals surface area contributed by atoms with Crippen LogP contribution in [-0.2, 0) is 7.05 Å². The van der Waals surface area contributed by atoms with Gasteiger partial charge in [-0.2, -0.15) is 0 Å². The molecule has 6 rings (SSSR count). The number of halogens is 2. The number of likely N-dealkylation sites (tertiary alicyclic amines) is 1. The Hall–Kier alpha value is -3.55. The fourth-order valence-electron chi connectivity index (χ4n) is 6.31. The number of anilines is 1. The van der Waals surface area contributed by atoms with Crippen molar-refractivity contribution >= 4 is 17.3 Å². The smallest absolute Gasteiger partial charge is 0.332 e. The lowest BCUT2D eigenvalue weighted by molar-refractivity contribution is -0.0237. The molecule has 0 bridgehead atoms. The fraction of sp³-hybridized carbons (Fsp3) is 0.323. The summed E-state index contributed by atoms with van der Waals surface area (Å²) in [6.45, 7) is 7.62. The number of phenolic OH excluding ortho intramolecular Hbond substituents is 1. The van der Waals surface area contributed by atoms with Gasteiger partial charge in [0.25, 0.3) is 0 Å². The van der Waals surface area contributed by atoms with Crippen LogP contribution in [0.5, 0.6) is 5.75 Å². The average Bonchev–Trinajstić information content (AvgIpc) is 3.50. The quantitative estimate of drug-likeness (QED) is 0.330. The van der Waals surface area contributed by atoms with Crippen LogP contribution in [0.4, 0.5) is 10.1 Å². The van der Waals surface area contributed by atoms with Crippen molar-refractivity contribution in [3.63, 3.8) is 0 Å². The standard InChI is InChI=1S/C31H32ClFN4O2/c1-20(2)37-12-10-31(37)9-11-35(19-31)24-6-4-5-21(15-24)25-17-23(33)18-26(29(25)38)22-7-8-28(27(32)16-22)36-14-13-34(3)30(36)39/h4-8,13-18,20,38H,9-12,19H2,1-3H3. The average molecular weight is 547 g/mol. The van der Waals surface area contributed by atoms with Crippen LogP contribution in [0, 0.1) is 5.82 Å². The molecule has 0 saturated carbocycles. The van der Waals surface area contributed by atoms with E-state index in [2.05, 4.69) is 29.7 Å². The number of nitrogens with zero attached hydrogens (tertiary/aromatic N) is 4. The molecule has 8 heteroatoms. The van der Waals surface area contributed by atoms with Crippen LogP contribution >= 0.6 is 11.6 Å². The van der Waals surface area contributed by atoms with E-state index >= 15 is 0 Å². The van der Waals surface area contributed by atoms with E-state index in [1.807, 2.05) is 18.2 Å². The third-order valence-electron chi connectivity index (χ3n) is 8.45. The first-order valence-electron chi connectivity index (χ1n) is 13.4. The van der Waals surface area contributed by atoms with Gasteiger partial charge in [0.05, 0.1) is 10.7 Å². The molecule has 2 aliphatic heterocycles. The number of aromatic nitrogens is 2. The lowest BCUT2D eigenvalue weighted by Gasteiger charge is -2.53. The van der Waals surface area contributed by atoms with Crippen LogP contribution in [0.1, 0.15) is 26.7 Å². The molecule has 1 N–H and O–H groups in total. The van der Waals surface area contributed by atoms with Crippen molar-refractivity contribution in [2.75, 3.05) is 24.5 Å². The Labute approximate surface area is 232 Å². The molecule has 1 spiro atoms. The van der Waals surface area contributed by atoms with E-state index in [4.69, 9.17) is 11.6 Å². The molecule has 1 aromatic heterocycles. The highest BCUT2D eigenvalue weighted by atomic mass is 35.5. The number of phenols is 1. The molecular formula is C31H32ClFN4O2. The zero-order valence-electron chi connectivity index (χ0n) is 22.4. The van der Waals surface area contributed by atoms with Crippen molar-refractivity contribution < 1.29 is 9.50 Å². The Bertz CT molecular complexity index is 1630. The summed E-state index contributed by atoms with van der Waals surface area (Å²) in [5.41, 5.74) is 3.68. The SMILES string of the molecule is CC(C)N1CCC12CCN(c1cccc(-c3cc(F)cc(-c4ccc(-n5ccn(C)c5=O)c(Cl)c4)c3O)c1)C2. The zero-order chi connectivity index (χ0) is 27.5. The highest BCUT2D eigenvalue weighted by Crippen LogP contribution is 2.44. The largest absolute Gasteiger partial charge is 0.507 e. The van der Waals surface area contributed by atoms with Gasteiger partial charge in [0.2, 0.25) is 0 Å². The molecule has 2 fully saturated rings. The Morgan fingerprint density at radius 1 is 0.974 bits per heavy atom. The van der Waals surface area contributed by atoms with Gasteiger partial charge < -0.3 is 14.6 Å². The number of imidazole rings is 1. The Morgan fingerprint density at radius 3 is 2.31 bits per heavy atom. The first-order chi connectivity index (χ1) is 18.7. The summed E-state index contributed by atoms with van der Waals surface area (Å²) in [6.07, 6.45) is 5.65. The van der Waals surface area contributed by atoms with E-state index in [0.29, 0.717) is 33.4 Å². The molecule has 202 valence electrons. The molecule has 3 heterocycles. The maximum Gasteiger partial charge on any atom is 0.332 e. The summed E-state index contributed by atoms with van der Waals surface area (Å²) in [5, 5.41) is 11.7. The number of rotatable bonds is 5. The van der Waals surface area contributed by atoms with Gasteiger partial charge in [0.1, 0.15) is 11.6 Å². The van der Waals surface area contributed by atoms with Gasteiger partial charge in [-0.3, -0.25) is 9.47 Å².